The van der Waals surface area contributed by atoms with Crippen LogP contribution in [-0.2, 0) is 14.8 Å². The molecule has 0 aliphatic carbocycles. The van der Waals surface area contributed by atoms with Gasteiger partial charge in [-0.05, 0) is 29.8 Å². The Labute approximate surface area is 147 Å². The van der Waals surface area contributed by atoms with E-state index in [1.54, 1.807) is 36.4 Å². The molecule has 0 aromatic heterocycles. The molecular weight excluding hydrogens is 343 g/mol. The molecule has 1 heterocycles. The maximum Gasteiger partial charge on any atom is 0.240 e. The van der Waals surface area contributed by atoms with E-state index in [2.05, 4.69) is 9.62 Å². The third-order valence-corrected chi connectivity index (χ3v) is 5.68. The molecule has 0 spiro atoms. The summed E-state index contributed by atoms with van der Waals surface area (Å²) >= 11 is 0. The monoisotopic (exact) mass is 364 g/mol. The van der Waals surface area contributed by atoms with E-state index in [1.807, 2.05) is 6.07 Å². The molecule has 0 saturated carbocycles. The molecule has 25 heavy (non-hydrogen) atoms. The van der Waals surface area contributed by atoms with Crippen molar-refractivity contribution in [2.75, 3.05) is 32.8 Å². The van der Waals surface area contributed by atoms with E-state index in [9.17, 15) is 12.8 Å². The van der Waals surface area contributed by atoms with Crippen LogP contribution in [-0.4, -0.2) is 46.2 Å². The Hall–Kier alpha value is -1.80. The maximum atomic E-state index is 13.7. The molecule has 1 N–H and O–H groups in total. The normalized spacial score (nSPS) is 17.3. The van der Waals surface area contributed by atoms with Gasteiger partial charge in [0.2, 0.25) is 10.0 Å². The summed E-state index contributed by atoms with van der Waals surface area (Å²) in [7, 11) is -3.61. The van der Waals surface area contributed by atoms with Gasteiger partial charge in [-0.25, -0.2) is 17.5 Å². The molecule has 2 aromatic carbocycles. The summed E-state index contributed by atoms with van der Waals surface area (Å²) in [6, 6.07) is 14.3. The molecule has 1 unspecified atom stereocenters. The van der Waals surface area contributed by atoms with E-state index in [1.165, 1.54) is 12.1 Å². The number of morpholine rings is 1. The number of hydrogen-bond acceptors (Lipinski definition) is 4. The third kappa shape index (κ3) is 4.64. The summed E-state index contributed by atoms with van der Waals surface area (Å²) in [5, 5.41) is 0. The second kappa shape index (κ2) is 8.05. The van der Waals surface area contributed by atoms with E-state index in [-0.39, 0.29) is 23.3 Å². The molecule has 1 aliphatic rings. The van der Waals surface area contributed by atoms with Crippen LogP contribution >= 0.6 is 0 Å². The average molecular weight is 364 g/mol. The van der Waals surface area contributed by atoms with Crippen LogP contribution in [0.3, 0.4) is 0 Å². The zero-order chi connectivity index (χ0) is 17.7. The Morgan fingerprint density at radius 2 is 1.80 bits per heavy atom. The minimum atomic E-state index is -3.61. The Balaban J connectivity index is 1.80. The highest BCUT2D eigenvalue weighted by Gasteiger charge is 2.25. The van der Waals surface area contributed by atoms with Gasteiger partial charge in [0.05, 0.1) is 18.1 Å². The van der Waals surface area contributed by atoms with Crippen molar-refractivity contribution in [1.29, 1.82) is 0 Å². The predicted molar refractivity (Wildman–Crippen MR) is 93.2 cm³/mol. The zero-order valence-corrected chi connectivity index (χ0v) is 14.6. The van der Waals surface area contributed by atoms with Crippen LogP contribution in [0.4, 0.5) is 4.39 Å². The summed E-state index contributed by atoms with van der Waals surface area (Å²) in [6.07, 6.45) is 0. The fourth-order valence-corrected chi connectivity index (χ4v) is 3.99. The van der Waals surface area contributed by atoms with Crippen LogP contribution in [0.1, 0.15) is 11.6 Å². The van der Waals surface area contributed by atoms with Gasteiger partial charge in [-0.3, -0.25) is 4.90 Å². The highest BCUT2D eigenvalue weighted by atomic mass is 32.2. The zero-order valence-electron chi connectivity index (χ0n) is 13.8. The standard InChI is InChI=1S/C18H21FN2O3S/c19-16-6-4-5-15(13-16)18(21-9-11-24-12-10-21)14-20-25(22,23)17-7-2-1-3-8-17/h1-8,13,18,20H,9-12,14H2. The average Bonchev–Trinajstić information content (AvgIpc) is 2.63. The summed E-state index contributed by atoms with van der Waals surface area (Å²) in [5.41, 5.74) is 0.748. The molecule has 2 aromatic rings. The highest BCUT2D eigenvalue weighted by molar-refractivity contribution is 7.89. The fourth-order valence-electron chi connectivity index (χ4n) is 2.93. The molecule has 5 nitrogen and oxygen atoms in total. The predicted octanol–water partition coefficient (Wildman–Crippen LogP) is 2.18. The van der Waals surface area contributed by atoms with Crippen LogP contribution in [0.15, 0.2) is 59.5 Å². The maximum absolute atomic E-state index is 13.7. The quantitative estimate of drug-likeness (QED) is 0.854. The Morgan fingerprint density at radius 1 is 1.08 bits per heavy atom. The number of hydrogen-bond donors (Lipinski definition) is 1. The first kappa shape index (κ1) is 18.0. The summed E-state index contributed by atoms with van der Waals surface area (Å²) < 4.78 is 46.7. The second-order valence-electron chi connectivity index (χ2n) is 5.88. The second-order valence-corrected chi connectivity index (χ2v) is 7.65. The molecule has 1 saturated heterocycles. The highest BCUT2D eigenvalue weighted by Crippen LogP contribution is 2.23. The fraction of sp³-hybridized carbons (Fsp3) is 0.333. The van der Waals surface area contributed by atoms with E-state index < -0.39 is 10.0 Å². The Kier molecular flexibility index (Phi) is 5.80. The van der Waals surface area contributed by atoms with Crippen molar-refractivity contribution in [3.63, 3.8) is 0 Å². The van der Waals surface area contributed by atoms with Gasteiger partial charge in [0, 0.05) is 25.7 Å². The third-order valence-electron chi connectivity index (χ3n) is 4.24. The number of nitrogens with zero attached hydrogens (tertiary/aromatic N) is 1. The first-order valence-electron chi connectivity index (χ1n) is 8.18. The number of benzene rings is 2. The van der Waals surface area contributed by atoms with Gasteiger partial charge >= 0.3 is 0 Å². The summed E-state index contributed by atoms with van der Waals surface area (Å²) in [4.78, 5) is 2.33. The molecule has 0 amide bonds. The number of sulfonamides is 1. The number of nitrogens with one attached hydrogen (secondary N) is 1. The van der Waals surface area contributed by atoms with E-state index in [0.29, 0.717) is 26.3 Å². The van der Waals surface area contributed by atoms with Crippen molar-refractivity contribution in [3.05, 3.63) is 66.0 Å². The van der Waals surface area contributed by atoms with Gasteiger partial charge in [-0.2, -0.15) is 0 Å². The Morgan fingerprint density at radius 3 is 2.48 bits per heavy atom. The number of ether oxygens (including phenoxy) is 1. The van der Waals surface area contributed by atoms with Crippen molar-refractivity contribution in [1.82, 2.24) is 9.62 Å². The lowest BCUT2D eigenvalue weighted by molar-refractivity contribution is 0.0171. The van der Waals surface area contributed by atoms with Crippen molar-refractivity contribution < 1.29 is 17.5 Å². The van der Waals surface area contributed by atoms with Gasteiger partial charge in [-0.15, -0.1) is 0 Å². The van der Waals surface area contributed by atoms with Crippen LogP contribution < -0.4 is 4.72 Å². The van der Waals surface area contributed by atoms with Gasteiger partial charge in [-0.1, -0.05) is 30.3 Å². The molecular formula is C18H21FN2O3S. The summed E-state index contributed by atoms with van der Waals surface area (Å²) in [5.74, 6) is -0.332. The molecule has 7 heteroatoms. The SMILES string of the molecule is O=S(=O)(NCC(c1cccc(F)c1)N1CCOCC1)c1ccccc1. The summed E-state index contributed by atoms with van der Waals surface area (Å²) in [6.45, 7) is 2.68. The molecule has 0 radical (unpaired) electrons. The van der Waals surface area contributed by atoms with Crippen molar-refractivity contribution >= 4 is 10.0 Å². The molecule has 1 aliphatic heterocycles. The minimum absolute atomic E-state index is 0.167. The Bertz CT molecular complexity index is 793. The van der Waals surface area contributed by atoms with Crippen molar-refractivity contribution in [2.24, 2.45) is 0 Å². The van der Waals surface area contributed by atoms with E-state index >= 15 is 0 Å². The van der Waals surface area contributed by atoms with Crippen LogP contribution in [0.25, 0.3) is 0 Å². The topological polar surface area (TPSA) is 58.6 Å². The smallest absolute Gasteiger partial charge is 0.240 e. The van der Waals surface area contributed by atoms with Crippen molar-refractivity contribution in [3.8, 4) is 0 Å². The molecule has 0 bridgehead atoms. The molecule has 1 atom stereocenters. The lowest BCUT2D eigenvalue weighted by Crippen LogP contribution is -2.43. The van der Waals surface area contributed by atoms with Gasteiger partial charge < -0.3 is 4.74 Å². The van der Waals surface area contributed by atoms with Crippen LogP contribution in [0.5, 0.6) is 0 Å². The largest absolute Gasteiger partial charge is 0.379 e. The molecule has 134 valence electrons. The van der Waals surface area contributed by atoms with Crippen LogP contribution in [0, 0.1) is 5.82 Å². The van der Waals surface area contributed by atoms with Gasteiger partial charge in [0.25, 0.3) is 0 Å². The lowest BCUT2D eigenvalue weighted by atomic mass is 10.0. The molecule has 1 fully saturated rings. The number of rotatable bonds is 6. The van der Waals surface area contributed by atoms with Crippen LogP contribution in [0.2, 0.25) is 0 Å². The molecule has 3 rings (SSSR count). The van der Waals surface area contributed by atoms with E-state index in [4.69, 9.17) is 4.74 Å². The first-order chi connectivity index (χ1) is 12.1. The first-order valence-corrected chi connectivity index (χ1v) is 9.66. The number of halogens is 1. The van der Waals surface area contributed by atoms with Gasteiger partial charge in [0.15, 0.2) is 0 Å². The van der Waals surface area contributed by atoms with Crippen molar-refractivity contribution in [2.45, 2.75) is 10.9 Å². The minimum Gasteiger partial charge on any atom is -0.379 e. The van der Waals surface area contributed by atoms with E-state index in [0.717, 1.165) is 5.56 Å². The lowest BCUT2D eigenvalue weighted by Gasteiger charge is -2.34. The van der Waals surface area contributed by atoms with Gasteiger partial charge in [0.1, 0.15) is 5.82 Å².